The molecule has 0 radical (unpaired) electrons. The van der Waals surface area contributed by atoms with E-state index in [2.05, 4.69) is 0 Å². The van der Waals surface area contributed by atoms with Gasteiger partial charge >= 0.3 is 7.12 Å². The highest BCUT2D eigenvalue weighted by Gasteiger charge is 2.52. The second-order valence-electron chi connectivity index (χ2n) is 7.27. The predicted molar refractivity (Wildman–Crippen MR) is 104 cm³/mol. The first-order valence-corrected chi connectivity index (χ1v) is 9.31. The highest BCUT2D eigenvalue weighted by Crippen LogP contribution is 2.39. The Morgan fingerprint density at radius 2 is 1.56 bits per heavy atom. The summed E-state index contributed by atoms with van der Waals surface area (Å²) in [4.78, 5) is 22.8. The number of thioether (sulfide) groups is 1. The van der Waals surface area contributed by atoms with Gasteiger partial charge in [0.25, 0.3) is 0 Å². The Morgan fingerprint density at radius 3 is 2.00 bits per heavy atom. The summed E-state index contributed by atoms with van der Waals surface area (Å²) in [5.74, 6) is 0.537. The van der Waals surface area contributed by atoms with E-state index in [9.17, 15) is 9.59 Å². The first-order chi connectivity index (χ1) is 11.5. The summed E-state index contributed by atoms with van der Waals surface area (Å²) < 4.78 is 12.2. The molecule has 1 aliphatic heterocycles. The lowest BCUT2D eigenvalue weighted by atomic mass is 9.78. The van der Waals surface area contributed by atoms with E-state index in [1.165, 1.54) is 11.8 Å². The van der Waals surface area contributed by atoms with Crippen LogP contribution in [0.15, 0.2) is 29.7 Å². The number of hydrogen-bond acceptors (Lipinski definition) is 5. The van der Waals surface area contributed by atoms with E-state index in [4.69, 9.17) is 9.31 Å². The Hall–Kier alpha value is -1.37. The van der Waals surface area contributed by atoms with Crippen molar-refractivity contribution in [1.29, 1.82) is 0 Å². The average Bonchev–Trinajstić information content (AvgIpc) is 2.72. The zero-order valence-corrected chi connectivity index (χ0v) is 16.5. The predicted octanol–water partition coefficient (Wildman–Crippen LogP) is 4.18. The maximum Gasteiger partial charge on any atom is 0.491 e. The third kappa shape index (κ3) is 4.84. The lowest BCUT2D eigenvalue weighted by Crippen LogP contribution is -2.41. The number of Topliss-reactive ketones (excluding diaryl/α,β-unsaturated/α-hetero) is 1. The molecule has 1 aromatic rings. The number of carbonyl (C=O) groups is 2. The SMILES string of the molecule is CC(=O)SCC(=Cc1ccc(C(C)=O)cc1)B1OC(C)(C)C(C)(C)O1. The molecule has 1 aromatic carbocycles. The largest absolute Gasteiger partial charge is 0.491 e. The van der Waals surface area contributed by atoms with Gasteiger partial charge in [0.15, 0.2) is 10.9 Å². The molecular formula is C19H25BO4S. The van der Waals surface area contributed by atoms with Crippen molar-refractivity contribution >= 4 is 35.9 Å². The molecule has 0 atom stereocenters. The molecule has 1 heterocycles. The molecule has 1 saturated heterocycles. The minimum Gasteiger partial charge on any atom is -0.400 e. The third-order valence-corrected chi connectivity index (χ3v) is 5.55. The van der Waals surface area contributed by atoms with Crippen LogP contribution in [-0.2, 0) is 14.1 Å². The zero-order chi connectivity index (χ0) is 18.8. The van der Waals surface area contributed by atoms with Gasteiger partial charge in [0.2, 0.25) is 0 Å². The van der Waals surface area contributed by atoms with E-state index >= 15 is 0 Å². The molecule has 6 heteroatoms. The summed E-state index contributed by atoms with van der Waals surface area (Å²) in [6.07, 6.45) is 1.97. The van der Waals surface area contributed by atoms with Crippen LogP contribution in [0.4, 0.5) is 0 Å². The highest BCUT2D eigenvalue weighted by molar-refractivity contribution is 8.13. The molecule has 134 valence electrons. The van der Waals surface area contributed by atoms with Gasteiger partial charge in [-0.25, -0.2) is 0 Å². The summed E-state index contributed by atoms with van der Waals surface area (Å²) >= 11 is 1.23. The first kappa shape index (κ1) is 20.0. The number of carbonyl (C=O) groups excluding carboxylic acids is 2. The molecule has 4 nitrogen and oxygen atoms in total. The molecule has 0 bridgehead atoms. The summed E-state index contributed by atoms with van der Waals surface area (Å²) in [5.41, 5.74) is 1.65. The van der Waals surface area contributed by atoms with Gasteiger partial charge in [0.05, 0.1) is 11.2 Å². The van der Waals surface area contributed by atoms with Gasteiger partial charge < -0.3 is 9.31 Å². The average molecular weight is 360 g/mol. The molecule has 2 rings (SSSR count). The van der Waals surface area contributed by atoms with Crippen molar-refractivity contribution in [3.8, 4) is 0 Å². The Kier molecular flexibility index (Phi) is 5.97. The molecule has 0 aliphatic carbocycles. The minimum atomic E-state index is -0.496. The summed E-state index contributed by atoms with van der Waals surface area (Å²) in [6.45, 7) is 11.1. The second kappa shape index (κ2) is 7.48. The first-order valence-electron chi connectivity index (χ1n) is 8.32. The van der Waals surface area contributed by atoms with Crippen molar-refractivity contribution in [3.05, 3.63) is 40.9 Å². The Labute approximate surface area is 154 Å². The van der Waals surface area contributed by atoms with Gasteiger partial charge in [-0.05, 0) is 45.7 Å². The fraction of sp³-hybridized carbons (Fsp3) is 0.474. The topological polar surface area (TPSA) is 52.6 Å². The van der Waals surface area contributed by atoms with Crippen molar-refractivity contribution < 1.29 is 18.9 Å². The molecular weight excluding hydrogens is 335 g/mol. The van der Waals surface area contributed by atoms with Gasteiger partial charge in [-0.3, -0.25) is 9.59 Å². The fourth-order valence-electron chi connectivity index (χ4n) is 2.39. The standard InChI is InChI=1S/C19H25BO4S/c1-13(21)16-9-7-15(8-10-16)11-17(12-25-14(2)22)20-23-18(3,4)19(5,6)24-20/h7-11H,12H2,1-6H3. The molecule has 1 fully saturated rings. The minimum absolute atomic E-state index is 0.0360. The lowest BCUT2D eigenvalue weighted by molar-refractivity contribution is -0.109. The normalized spacial score (nSPS) is 19.1. The van der Waals surface area contributed by atoms with Crippen LogP contribution in [0.5, 0.6) is 0 Å². The van der Waals surface area contributed by atoms with Crippen LogP contribution < -0.4 is 0 Å². The fourth-order valence-corrected chi connectivity index (χ4v) is 2.97. The molecule has 0 N–H and O–H groups in total. The van der Waals surface area contributed by atoms with Gasteiger partial charge in [-0.1, -0.05) is 42.1 Å². The second-order valence-corrected chi connectivity index (χ2v) is 8.42. The highest BCUT2D eigenvalue weighted by atomic mass is 32.2. The summed E-state index contributed by atoms with van der Waals surface area (Å²) in [6, 6.07) is 7.38. The van der Waals surface area contributed by atoms with Crippen molar-refractivity contribution in [2.75, 3.05) is 5.75 Å². The van der Waals surface area contributed by atoms with Crippen molar-refractivity contribution in [2.24, 2.45) is 0 Å². The van der Waals surface area contributed by atoms with Crippen LogP contribution >= 0.6 is 11.8 Å². The van der Waals surface area contributed by atoms with Crippen LogP contribution in [0.2, 0.25) is 0 Å². The Bertz CT molecular complexity index is 676. The smallest absolute Gasteiger partial charge is 0.400 e. The maximum absolute atomic E-state index is 11.4. The van der Waals surface area contributed by atoms with Crippen molar-refractivity contribution in [1.82, 2.24) is 0 Å². The van der Waals surface area contributed by atoms with Gasteiger partial charge in [-0.15, -0.1) is 0 Å². The van der Waals surface area contributed by atoms with Gasteiger partial charge in [0.1, 0.15) is 0 Å². The molecule has 0 saturated carbocycles. The molecule has 25 heavy (non-hydrogen) atoms. The number of benzene rings is 1. The number of ketones is 1. The third-order valence-electron chi connectivity index (χ3n) is 4.67. The number of hydrogen-bond donors (Lipinski definition) is 0. The van der Waals surface area contributed by atoms with Crippen LogP contribution in [-0.4, -0.2) is 35.0 Å². The van der Waals surface area contributed by atoms with E-state index in [1.54, 1.807) is 26.0 Å². The Balaban J connectivity index is 2.29. The quantitative estimate of drug-likeness (QED) is 0.582. The van der Waals surface area contributed by atoms with Crippen LogP contribution in [0.1, 0.15) is 57.5 Å². The lowest BCUT2D eigenvalue weighted by Gasteiger charge is -2.32. The monoisotopic (exact) mass is 360 g/mol. The summed E-state index contributed by atoms with van der Waals surface area (Å²) in [5, 5.41) is 0.0503. The van der Waals surface area contributed by atoms with Crippen LogP contribution in [0.25, 0.3) is 6.08 Å². The van der Waals surface area contributed by atoms with E-state index in [0.717, 1.165) is 11.0 Å². The Morgan fingerprint density at radius 1 is 1.04 bits per heavy atom. The van der Waals surface area contributed by atoms with Crippen molar-refractivity contribution in [3.63, 3.8) is 0 Å². The molecule has 0 aromatic heterocycles. The van der Waals surface area contributed by atoms with Gasteiger partial charge in [0, 0.05) is 18.2 Å². The maximum atomic E-state index is 11.4. The molecule has 1 aliphatic rings. The van der Waals surface area contributed by atoms with Crippen LogP contribution in [0, 0.1) is 0 Å². The van der Waals surface area contributed by atoms with E-state index in [1.807, 2.05) is 45.9 Å². The van der Waals surface area contributed by atoms with Crippen molar-refractivity contribution in [2.45, 2.75) is 52.7 Å². The molecule has 0 amide bonds. The van der Waals surface area contributed by atoms with E-state index < -0.39 is 18.3 Å². The van der Waals surface area contributed by atoms with E-state index in [-0.39, 0.29) is 10.9 Å². The van der Waals surface area contributed by atoms with E-state index in [0.29, 0.717) is 11.3 Å². The zero-order valence-electron chi connectivity index (χ0n) is 15.7. The number of rotatable bonds is 5. The van der Waals surface area contributed by atoms with Gasteiger partial charge in [-0.2, -0.15) is 0 Å². The molecule has 0 spiro atoms. The summed E-state index contributed by atoms with van der Waals surface area (Å²) in [7, 11) is -0.496. The van der Waals surface area contributed by atoms with Crippen LogP contribution in [0.3, 0.4) is 0 Å². The molecule has 0 unspecified atom stereocenters.